The first-order valence-corrected chi connectivity index (χ1v) is 11.5. The molecule has 2 saturated heterocycles. The largest absolute Gasteiger partial charge is 0.349 e. The first-order valence-electron chi connectivity index (χ1n) is 11.5. The van der Waals surface area contributed by atoms with Crippen molar-refractivity contribution in [3.8, 4) is 0 Å². The molecule has 7 heteroatoms. The molecule has 0 unspecified atom stereocenters. The summed E-state index contributed by atoms with van der Waals surface area (Å²) >= 11 is 0. The highest BCUT2D eigenvalue weighted by atomic mass is 19.1. The molecular weight excluding hydrogens is 449 g/mol. The topological polar surface area (TPSA) is 80.8 Å². The molecule has 3 aromatic carbocycles. The van der Waals surface area contributed by atoms with Crippen LogP contribution in [0, 0.1) is 17.7 Å². The molecule has 1 spiro atoms. The lowest BCUT2D eigenvalue weighted by Crippen LogP contribution is -2.51. The van der Waals surface area contributed by atoms with Crippen LogP contribution in [0.25, 0.3) is 0 Å². The number of imide groups is 1. The van der Waals surface area contributed by atoms with Gasteiger partial charge in [-0.1, -0.05) is 61.5 Å². The van der Waals surface area contributed by atoms with Crippen molar-refractivity contribution in [2.45, 2.75) is 25.0 Å². The number of carbonyl (C=O) groups is 4. The first-order chi connectivity index (χ1) is 16.9. The van der Waals surface area contributed by atoms with Gasteiger partial charge in [0.15, 0.2) is 0 Å². The van der Waals surface area contributed by atoms with E-state index in [0.717, 1.165) is 10.5 Å². The quantitative estimate of drug-likeness (QED) is 0.427. The normalized spacial score (nSPS) is 24.4. The highest BCUT2D eigenvalue weighted by Crippen LogP contribution is 2.57. The summed E-state index contributed by atoms with van der Waals surface area (Å²) in [7, 11) is 0. The Morgan fingerprint density at radius 1 is 0.829 bits per heavy atom. The van der Waals surface area contributed by atoms with Crippen LogP contribution < -0.4 is 4.90 Å². The lowest BCUT2D eigenvalue weighted by atomic mass is 9.77. The third-order valence-electron chi connectivity index (χ3n) is 7.33. The van der Waals surface area contributed by atoms with E-state index in [1.54, 1.807) is 24.3 Å². The summed E-state index contributed by atoms with van der Waals surface area (Å²) in [6, 6.07) is 18.7. The first kappa shape index (κ1) is 21.6. The molecule has 6 rings (SSSR count). The summed E-state index contributed by atoms with van der Waals surface area (Å²) < 4.78 is 19.9. The van der Waals surface area contributed by atoms with Gasteiger partial charge in [-0.3, -0.25) is 19.2 Å². The van der Waals surface area contributed by atoms with Crippen molar-refractivity contribution in [1.82, 2.24) is 0 Å². The minimum absolute atomic E-state index is 0.170. The molecule has 0 saturated carbocycles. The number of halogens is 1. The molecule has 35 heavy (non-hydrogen) atoms. The van der Waals surface area contributed by atoms with Crippen LogP contribution >= 0.6 is 0 Å². The fourth-order valence-corrected chi connectivity index (χ4v) is 5.74. The molecule has 174 valence electrons. The average Bonchev–Trinajstić information content (AvgIpc) is 3.44. The molecule has 1 aliphatic carbocycles. The Balaban J connectivity index is 1.55. The summed E-state index contributed by atoms with van der Waals surface area (Å²) in [6.07, 6.45) is -0.493. The Kier molecular flexibility index (Phi) is 4.63. The number of para-hydroxylation sites is 1. The van der Waals surface area contributed by atoms with E-state index in [4.69, 9.17) is 4.74 Å². The van der Waals surface area contributed by atoms with E-state index in [1.165, 1.54) is 36.4 Å². The summed E-state index contributed by atoms with van der Waals surface area (Å²) in [5.41, 5.74) is -0.164. The zero-order valence-electron chi connectivity index (χ0n) is 18.7. The van der Waals surface area contributed by atoms with Crippen LogP contribution in [0.2, 0.25) is 0 Å². The van der Waals surface area contributed by atoms with E-state index < -0.39 is 52.7 Å². The summed E-state index contributed by atoms with van der Waals surface area (Å²) in [6.45, 7) is 1.91. The van der Waals surface area contributed by atoms with Crippen LogP contribution in [0.15, 0.2) is 72.8 Å². The third-order valence-corrected chi connectivity index (χ3v) is 7.33. The fourth-order valence-electron chi connectivity index (χ4n) is 5.74. The van der Waals surface area contributed by atoms with Crippen LogP contribution in [0.1, 0.15) is 44.9 Å². The lowest BCUT2D eigenvalue weighted by molar-refractivity contribution is -0.127. The van der Waals surface area contributed by atoms with Crippen LogP contribution in [0.4, 0.5) is 10.1 Å². The van der Waals surface area contributed by atoms with Crippen molar-refractivity contribution >= 4 is 29.1 Å². The molecule has 2 aliphatic heterocycles. The SMILES string of the molecule is CCc1ccccc1N1C(=O)[C@H]2[C@@H](C1=O)C1(O[C@H]2c2ccc(F)cc2)C(=O)c2ccccc2C1=O. The van der Waals surface area contributed by atoms with Crippen molar-refractivity contribution in [3.05, 3.63) is 101 Å². The molecular formula is C28H20FNO5. The van der Waals surface area contributed by atoms with Crippen LogP contribution in [0.3, 0.4) is 0 Å². The predicted molar refractivity (Wildman–Crippen MR) is 123 cm³/mol. The zero-order chi connectivity index (χ0) is 24.5. The number of hydrogen-bond donors (Lipinski definition) is 0. The van der Waals surface area contributed by atoms with E-state index in [0.29, 0.717) is 17.7 Å². The number of benzene rings is 3. The van der Waals surface area contributed by atoms with E-state index in [9.17, 15) is 23.6 Å². The molecule has 0 N–H and O–H groups in total. The summed E-state index contributed by atoms with van der Waals surface area (Å²) in [5.74, 6) is -5.34. The maximum atomic E-state index is 14.0. The smallest absolute Gasteiger partial charge is 0.241 e. The third kappa shape index (κ3) is 2.73. The second-order valence-corrected chi connectivity index (χ2v) is 9.03. The molecule has 0 bridgehead atoms. The maximum Gasteiger partial charge on any atom is 0.241 e. The predicted octanol–water partition coefficient (Wildman–Crippen LogP) is 4.08. The summed E-state index contributed by atoms with van der Waals surface area (Å²) in [5, 5.41) is 0. The molecule has 2 heterocycles. The van der Waals surface area contributed by atoms with Crippen LogP contribution in [-0.2, 0) is 20.7 Å². The average molecular weight is 469 g/mol. The highest BCUT2D eigenvalue weighted by molar-refractivity contribution is 6.37. The van der Waals surface area contributed by atoms with Gasteiger partial charge in [-0.2, -0.15) is 0 Å². The number of carbonyl (C=O) groups excluding carboxylic acids is 4. The van der Waals surface area contributed by atoms with Gasteiger partial charge >= 0.3 is 0 Å². The molecule has 0 aromatic heterocycles. The zero-order valence-corrected chi connectivity index (χ0v) is 18.7. The van der Waals surface area contributed by atoms with Gasteiger partial charge in [0.2, 0.25) is 29.0 Å². The number of hydrogen-bond acceptors (Lipinski definition) is 5. The molecule has 0 radical (unpaired) electrons. The number of nitrogens with zero attached hydrogens (tertiary/aromatic N) is 1. The molecule has 3 aliphatic rings. The Morgan fingerprint density at radius 2 is 1.43 bits per heavy atom. The number of amides is 2. The number of ketones is 2. The van der Waals surface area contributed by atoms with Gasteiger partial charge in [0.05, 0.1) is 23.6 Å². The van der Waals surface area contributed by atoms with Gasteiger partial charge in [-0.25, -0.2) is 9.29 Å². The molecule has 6 nitrogen and oxygen atoms in total. The van der Waals surface area contributed by atoms with Gasteiger partial charge < -0.3 is 4.74 Å². The molecule has 2 amide bonds. The van der Waals surface area contributed by atoms with Crippen molar-refractivity contribution < 1.29 is 28.3 Å². The van der Waals surface area contributed by atoms with Gasteiger partial charge in [0.1, 0.15) is 5.82 Å². The molecule has 3 atom stereocenters. The second kappa shape index (κ2) is 7.52. The van der Waals surface area contributed by atoms with Gasteiger partial charge in [0.25, 0.3) is 0 Å². The maximum absolute atomic E-state index is 14.0. The van der Waals surface area contributed by atoms with E-state index in [1.807, 2.05) is 19.1 Å². The van der Waals surface area contributed by atoms with E-state index >= 15 is 0 Å². The van der Waals surface area contributed by atoms with Gasteiger partial charge in [-0.15, -0.1) is 0 Å². The summed E-state index contributed by atoms with van der Waals surface area (Å²) in [4.78, 5) is 56.4. The minimum Gasteiger partial charge on any atom is -0.349 e. The Bertz CT molecular complexity index is 1390. The van der Waals surface area contributed by atoms with Gasteiger partial charge in [0, 0.05) is 11.1 Å². The van der Waals surface area contributed by atoms with Crippen molar-refractivity contribution in [2.75, 3.05) is 4.90 Å². The number of Topliss-reactive ketones (excluding diaryl/α,β-unsaturated/α-hetero) is 2. The number of ether oxygens (including phenoxy) is 1. The van der Waals surface area contributed by atoms with Crippen molar-refractivity contribution in [3.63, 3.8) is 0 Å². The number of aryl methyl sites for hydroxylation is 1. The van der Waals surface area contributed by atoms with E-state index in [-0.39, 0.29) is 11.1 Å². The number of rotatable bonds is 3. The minimum atomic E-state index is -2.14. The van der Waals surface area contributed by atoms with Crippen LogP contribution in [-0.4, -0.2) is 29.0 Å². The van der Waals surface area contributed by atoms with Crippen molar-refractivity contribution in [2.24, 2.45) is 11.8 Å². The Hall–Kier alpha value is -3.97. The van der Waals surface area contributed by atoms with Crippen molar-refractivity contribution in [1.29, 1.82) is 0 Å². The Morgan fingerprint density at radius 3 is 2.06 bits per heavy atom. The number of fused-ring (bicyclic) bond motifs is 3. The van der Waals surface area contributed by atoms with Crippen LogP contribution in [0.5, 0.6) is 0 Å². The Labute approximate surface area is 200 Å². The fraction of sp³-hybridized carbons (Fsp3) is 0.214. The second-order valence-electron chi connectivity index (χ2n) is 9.03. The molecule has 2 fully saturated rings. The van der Waals surface area contributed by atoms with Gasteiger partial charge in [-0.05, 0) is 35.7 Å². The number of anilines is 1. The standard InChI is InChI=1S/C28H20FNO5/c1-2-15-7-3-6-10-20(15)30-26(33)21-22(27(30)34)28(35-23(21)16-11-13-17(29)14-12-16)24(31)18-8-4-5-9-19(18)25(28)32/h3-14,21-23H,2H2,1H3/t21-,22-,23-/m0/s1. The lowest BCUT2D eigenvalue weighted by Gasteiger charge is -2.28. The monoisotopic (exact) mass is 469 g/mol. The highest BCUT2D eigenvalue weighted by Gasteiger charge is 2.74. The van der Waals surface area contributed by atoms with E-state index in [2.05, 4.69) is 0 Å². The molecule has 3 aromatic rings.